The molecule has 4 rings (SSSR count). The predicted molar refractivity (Wildman–Crippen MR) is 119 cm³/mol. The van der Waals surface area contributed by atoms with Crippen molar-refractivity contribution in [3.63, 3.8) is 0 Å². The SMILES string of the molecule is O=C(Nc1cc(-c2ccc(Cl)cc2)n(-c2ccc(Cl)cc2Cl)n1)C1CCCCC1. The van der Waals surface area contributed by atoms with Gasteiger partial charge in [0.1, 0.15) is 0 Å². The predicted octanol–water partition coefficient (Wildman–Crippen LogP) is 7.02. The van der Waals surface area contributed by atoms with Crippen LogP contribution in [-0.4, -0.2) is 15.7 Å². The second-order valence-electron chi connectivity index (χ2n) is 7.25. The van der Waals surface area contributed by atoms with Crippen LogP contribution in [0, 0.1) is 5.92 Å². The number of hydrogen-bond donors (Lipinski definition) is 1. The highest BCUT2D eigenvalue weighted by molar-refractivity contribution is 6.35. The molecule has 0 spiro atoms. The zero-order valence-electron chi connectivity index (χ0n) is 15.7. The Bertz CT molecular complexity index is 1020. The molecule has 1 saturated carbocycles. The van der Waals surface area contributed by atoms with Crippen molar-refractivity contribution in [1.29, 1.82) is 0 Å². The fourth-order valence-electron chi connectivity index (χ4n) is 3.70. The van der Waals surface area contributed by atoms with Crippen molar-refractivity contribution in [2.75, 3.05) is 5.32 Å². The molecular formula is C22H20Cl3N3O. The molecule has 0 saturated heterocycles. The molecule has 1 heterocycles. The lowest BCUT2D eigenvalue weighted by Crippen LogP contribution is -2.24. The average Bonchev–Trinajstić information content (AvgIpc) is 3.12. The van der Waals surface area contributed by atoms with Gasteiger partial charge in [-0.15, -0.1) is 5.10 Å². The van der Waals surface area contributed by atoms with E-state index in [1.807, 2.05) is 36.4 Å². The number of amides is 1. The molecule has 1 fully saturated rings. The molecule has 1 amide bonds. The summed E-state index contributed by atoms with van der Waals surface area (Å²) in [7, 11) is 0. The lowest BCUT2D eigenvalue weighted by Gasteiger charge is -2.19. The summed E-state index contributed by atoms with van der Waals surface area (Å²) in [6, 6.07) is 14.6. The van der Waals surface area contributed by atoms with Gasteiger partial charge in [0.15, 0.2) is 5.82 Å². The summed E-state index contributed by atoms with van der Waals surface area (Å²) < 4.78 is 1.72. The van der Waals surface area contributed by atoms with Gasteiger partial charge in [0.05, 0.1) is 16.4 Å². The van der Waals surface area contributed by atoms with Crippen LogP contribution in [0.15, 0.2) is 48.5 Å². The first-order valence-corrected chi connectivity index (χ1v) is 10.8. The summed E-state index contributed by atoms with van der Waals surface area (Å²) in [4.78, 5) is 12.7. The molecule has 150 valence electrons. The average molecular weight is 449 g/mol. The number of anilines is 1. The lowest BCUT2D eigenvalue weighted by atomic mass is 9.89. The van der Waals surface area contributed by atoms with Gasteiger partial charge in [0.2, 0.25) is 5.91 Å². The molecular weight excluding hydrogens is 429 g/mol. The van der Waals surface area contributed by atoms with Crippen LogP contribution < -0.4 is 5.32 Å². The smallest absolute Gasteiger partial charge is 0.228 e. The van der Waals surface area contributed by atoms with E-state index in [4.69, 9.17) is 34.8 Å². The van der Waals surface area contributed by atoms with Crippen molar-refractivity contribution < 1.29 is 4.79 Å². The second-order valence-corrected chi connectivity index (χ2v) is 8.53. The molecule has 0 atom stereocenters. The quantitative estimate of drug-likeness (QED) is 0.466. The third-order valence-electron chi connectivity index (χ3n) is 5.21. The van der Waals surface area contributed by atoms with Crippen molar-refractivity contribution in [3.8, 4) is 16.9 Å². The molecule has 2 aromatic carbocycles. The highest BCUT2D eigenvalue weighted by Crippen LogP contribution is 2.32. The summed E-state index contributed by atoms with van der Waals surface area (Å²) in [5, 5.41) is 9.28. The van der Waals surface area contributed by atoms with Crippen LogP contribution in [0.25, 0.3) is 16.9 Å². The maximum atomic E-state index is 12.7. The molecule has 29 heavy (non-hydrogen) atoms. The van der Waals surface area contributed by atoms with Crippen LogP contribution >= 0.6 is 34.8 Å². The molecule has 1 aliphatic carbocycles. The summed E-state index contributed by atoms with van der Waals surface area (Å²) >= 11 is 18.5. The molecule has 3 aromatic rings. The summed E-state index contributed by atoms with van der Waals surface area (Å²) in [6.45, 7) is 0. The number of halogens is 3. The van der Waals surface area contributed by atoms with E-state index in [9.17, 15) is 4.79 Å². The Hall–Kier alpha value is -2.01. The van der Waals surface area contributed by atoms with Gasteiger partial charge < -0.3 is 5.32 Å². The number of nitrogens with zero attached hydrogens (tertiary/aromatic N) is 2. The van der Waals surface area contributed by atoms with Crippen LogP contribution in [0.3, 0.4) is 0 Å². The van der Waals surface area contributed by atoms with Gasteiger partial charge >= 0.3 is 0 Å². The van der Waals surface area contributed by atoms with Gasteiger partial charge in [-0.25, -0.2) is 4.68 Å². The Labute approximate surface area is 184 Å². The highest BCUT2D eigenvalue weighted by atomic mass is 35.5. The van der Waals surface area contributed by atoms with Crippen molar-refractivity contribution in [2.45, 2.75) is 32.1 Å². The monoisotopic (exact) mass is 447 g/mol. The number of benzene rings is 2. The maximum absolute atomic E-state index is 12.7. The molecule has 0 unspecified atom stereocenters. The van der Waals surface area contributed by atoms with Gasteiger partial charge in [-0.3, -0.25) is 4.79 Å². The van der Waals surface area contributed by atoms with Gasteiger partial charge in [-0.1, -0.05) is 66.2 Å². The minimum absolute atomic E-state index is 0.0270. The van der Waals surface area contributed by atoms with Gasteiger partial charge in [-0.05, 0) is 43.2 Å². The fourth-order valence-corrected chi connectivity index (χ4v) is 4.31. The first-order valence-electron chi connectivity index (χ1n) is 9.63. The largest absolute Gasteiger partial charge is 0.309 e. The van der Waals surface area contributed by atoms with E-state index in [0.29, 0.717) is 26.6 Å². The van der Waals surface area contributed by atoms with Crippen LogP contribution in [-0.2, 0) is 4.79 Å². The third kappa shape index (κ3) is 4.61. The highest BCUT2D eigenvalue weighted by Gasteiger charge is 2.23. The molecule has 1 aromatic heterocycles. The zero-order chi connectivity index (χ0) is 20.4. The summed E-state index contributed by atoms with van der Waals surface area (Å²) in [6.07, 6.45) is 5.26. The number of hydrogen-bond acceptors (Lipinski definition) is 2. The number of carbonyl (C=O) groups excluding carboxylic acids is 1. The van der Waals surface area contributed by atoms with E-state index in [0.717, 1.165) is 36.9 Å². The molecule has 4 nitrogen and oxygen atoms in total. The Kier molecular flexibility index (Phi) is 6.14. The minimum Gasteiger partial charge on any atom is -0.309 e. The molecule has 7 heteroatoms. The molecule has 0 radical (unpaired) electrons. The molecule has 0 bridgehead atoms. The minimum atomic E-state index is 0.0270. The maximum Gasteiger partial charge on any atom is 0.228 e. The number of carbonyl (C=O) groups is 1. The Morgan fingerprint density at radius 2 is 1.62 bits per heavy atom. The molecule has 1 aliphatic rings. The van der Waals surface area contributed by atoms with Gasteiger partial charge in [-0.2, -0.15) is 0 Å². The van der Waals surface area contributed by atoms with Crippen molar-refractivity contribution >= 4 is 46.5 Å². The van der Waals surface area contributed by atoms with E-state index < -0.39 is 0 Å². The van der Waals surface area contributed by atoms with E-state index in [-0.39, 0.29) is 11.8 Å². The second kappa shape index (κ2) is 8.78. The topological polar surface area (TPSA) is 46.9 Å². The molecule has 0 aliphatic heterocycles. The van der Waals surface area contributed by atoms with Crippen molar-refractivity contribution in [1.82, 2.24) is 9.78 Å². The standard InChI is InChI=1S/C22H20Cl3N3O/c23-16-8-6-14(7-9-16)20-13-21(26-22(29)15-4-2-1-3-5-15)27-28(20)19-11-10-17(24)12-18(19)25/h6-13,15H,1-5H2,(H,26,27,29). The van der Waals surface area contributed by atoms with E-state index in [1.54, 1.807) is 16.8 Å². The number of rotatable bonds is 4. The van der Waals surface area contributed by atoms with Crippen LogP contribution in [0.5, 0.6) is 0 Å². The Morgan fingerprint density at radius 1 is 0.931 bits per heavy atom. The van der Waals surface area contributed by atoms with Crippen LogP contribution in [0.1, 0.15) is 32.1 Å². The Balaban J connectivity index is 1.72. The molecule has 1 N–H and O–H groups in total. The first kappa shape index (κ1) is 20.3. The fraction of sp³-hybridized carbons (Fsp3) is 0.273. The van der Waals surface area contributed by atoms with Crippen molar-refractivity contribution in [2.24, 2.45) is 5.92 Å². The normalized spacial score (nSPS) is 14.7. The van der Waals surface area contributed by atoms with Crippen LogP contribution in [0.4, 0.5) is 5.82 Å². The van der Waals surface area contributed by atoms with E-state index in [1.165, 1.54) is 6.42 Å². The van der Waals surface area contributed by atoms with Crippen LogP contribution in [0.2, 0.25) is 15.1 Å². The summed E-state index contributed by atoms with van der Waals surface area (Å²) in [5.41, 5.74) is 2.38. The van der Waals surface area contributed by atoms with Crippen molar-refractivity contribution in [3.05, 3.63) is 63.6 Å². The number of nitrogens with one attached hydrogen (secondary N) is 1. The van der Waals surface area contributed by atoms with Gasteiger partial charge in [0, 0.05) is 27.6 Å². The first-order chi connectivity index (χ1) is 14.0. The Morgan fingerprint density at radius 3 is 2.31 bits per heavy atom. The summed E-state index contributed by atoms with van der Waals surface area (Å²) in [5.74, 6) is 0.572. The van der Waals surface area contributed by atoms with E-state index in [2.05, 4.69) is 10.4 Å². The number of aromatic nitrogens is 2. The van der Waals surface area contributed by atoms with E-state index >= 15 is 0 Å². The van der Waals surface area contributed by atoms with Gasteiger partial charge in [0.25, 0.3) is 0 Å². The lowest BCUT2D eigenvalue weighted by molar-refractivity contribution is -0.120. The third-order valence-corrected chi connectivity index (χ3v) is 6.00. The zero-order valence-corrected chi connectivity index (χ0v) is 17.9.